The normalized spacial score (nSPS) is 18.4. The van der Waals surface area contributed by atoms with Crippen molar-refractivity contribution in [2.24, 2.45) is 5.92 Å². The Morgan fingerprint density at radius 1 is 1.50 bits per heavy atom. The molecule has 4 rings (SSSR count). The van der Waals surface area contributed by atoms with Gasteiger partial charge in [-0.1, -0.05) is 11.3 Å². The summed E-state index contributed by atoms with van der Waals surface area (Å²) in [4.78, 5) is 9.73. The summed E-state index contributed by atoms with van der Waals surface area (Å²) in [5.41, 5.74) is 1.01. The van der Waals surface area contributed by atoms with E-state index in [1.807, 2.05) is 23.8 Å². The molecule has 0 saturated carbocycles. The van der Waals surface area contributed by atoms with Crippen molar-refractivity contribution in [2.75, 3.05) is 11.9 Å². The zero-order valence-electron chi connectivity index (χ0n) is 11.3. The number of anilines is 1. The van der Waals surface area contributed by atoms with Crippen molar-refractivity contribution >= 4 is 21.4 Å². The third-order valence-corrected chi connectivity index (χ3v) is 4.62. The van der Waals surface area contributed by atoms with Crippen LogP contribution < -0.4 is 5.32 Å². The van der Waals surface area contributed by atoms with Crippen LogP contribution in [0.3, 0.4) is 0 Å². The number of hydrogen-bond donors (Lipinski definition) is 1. The topological polar surface area (TPSA) is 60.0 Å². The molecule has 1 atom stereocenters. The van der Waals surface area contributed by atoms with Gasteiger partial charge in [0.15, 0.2) is 0 Å². The number of aromatic nitrogens is 5. The van der Waals surface area contributed by atoms with Gasteiger partial charge >= 0.3 is 0 Å². The maximum Gasteiger partial charge on any atom is 0.214 e. The molecule has 0 unspecified atom stereocenters. The molecule has 104 valence electrons. The Balaban J connectivity index is 1.42. The fourth-order valence-corrected chi connectivity index (χ4v) is 3.55. The summed E-state index contributed by atoms with van der Waals surface area (Å²) >= 11 is 1.60. The molecule has 7 heteroatoms. The molecule has 0 amide bonds. The molecule has 0 bridgehead atoms. The first-order valence-electron chi connectivity index (χ1n) is 6.84. The number of nitrogens with one attached hydrogen (secondary N) is 1. The zero-order valence-corrected chi connectivity index (χ0v) is 12.1. The molecule has 0 spiro atoms. The first-order chi connectivity index (χ1) is 9.78. The lowest BCUT2D eigenvalue weighted by Gasteiger charge is -2.23. The summed E-state index contributed by atoms with van der Waals surface area (Å²) in [5.74, 6) is 1.85. The highest BCUT2D eigenvalue weighted by atomic mass is 32.1. The minimum Gasteiger partial charge on any atom is -0.360 e. The van der Waals surface area contributed by atoms with E-state index in [2.05, 4.69) is 31.1 Å². The van der Waals surface area contributed by atoms with Crippen LogP contribution in [0.2, 0.25) is 0 Å². The number of imidazole rings is 2. The predicted molar refractivity (Wildman–Crippen MR) is 78.1 cm³/mol. The average molecular weight is 288 g/mol. The van der Waals surface area contributed by atoms with Gasteiger partial charge in [0.25, 0.3) is 0 Å². The molecule has 1 aliphatic heterocycles. The second-order valence-corrected chi connectivity index (χ2v) is 6.25. The van der Waals surface area contributed by atoms with Gasteiger partial charge in [-0.3, -0.25) is 0 Å². The molecule has 3 aromatic rings. The Labute approximate surface area is 120 Å². The summed E-state index contributed by atoms with van der Waals surface area (Å²) in [5, 5.41) is 8.89. The van der Waals surface area contributed by atoms with Crippen LogP contribution >= 0.6 is 11.3 Å². The lowest BCUT2D eigenvalue weighted by atomic mass is 10.00. The summed E-state index contributed by atoms with van der Waals surface area (Å²) in [6.45, 7) is 3.98. The number of rotatable bonds is 3. The minimum absolute atomic E-state index is 0.634. The summed E-state index contributed by atoms with van der Waals surface area (Å²) in [6, 6.07) is 0. The maximum absolute atomic E-state index is 4.49. The smallest absolute Gasteiger partial charge is 0.214 e. The van der Waals surface area contributed by atoms with Gasteiger partial charge in [0.05, 0.1) is 11.9 Å². The maximum atomic E-state index is 4.49. The largest absolute Gasteiger partial charge is 0.360 e. The van der Waals surface area contributed by atoms with Crippen LogP contribution in [0, 0.1) is 12.8 Å². The van der Waals surface area contributed by atoms with E-state index in [4.69, 9.17) is 0 Å². The van der Waals surface area contributed by atoms with Crippen molar-refractivity contribution < 1.29 is 0 Å². The summed E-state index contributed by atoms with van der Waals surface area (Å²) in [6.07, 6.45) is 8.17. The SMILES string of the molecule is Cc1cn2nc(NC[C@H]3CCc4nccn4C3)sc2n1. The average Bonchev–Trinajstić information content (AvgIpc) is 3.09. The fraction of sp³-hybridized carbons (Fsp3) is 0.462. The van der Waals surface area contributed by atoms with Crippen LogP contribution in [0.1, 0.15) is 17.9 Å². The Hall–Kier alpha value is -1.89. The van der Waals surface area contributed by atoms with Crippen molar-refractivity contribution in [3.8, 4) is 0 Å². The molecule has 0 saturated heterocycles. The molecular weight excluding hydrogens is 272 g/mol. The zero-order chi connectivity index (χ0) is 13.5. The van der Waals surface area contributed by atoms with E-state index in [1.54, 1.807) is 11.3 Å². The van der Waals surface area contributed by atoms with Crippen molar-refractivity contribution in [1.82, 2.24) is 24.1 Å². The monoisotopic (exact) mass is 288 g/mol. The van der Waals surface area contributed by atoms with E-state index in [-0.39, 0.29) is 0 Å². The molecule has 20 heavy (non-hydrogen) atoms. The minimum atomic E-state index is 0.634. The second-order valence-electron chi connectivity index (χ2n) is 5.30. The van der Waals surface area contributed by atoms with Gasteiger partial charge in [-0.2, -0.15) is 0 Å². The lowest BCUT2D eigenvalue weighted by molar-refractivity contribution is 0.381. The van der Waals surface area contributed by atoms with E-state index >= 15 is 0 Å². The molecular formula is C13H16N6S. The highest BCUT2D eigenvalue weighted by Gasteiger charge is 2.19. The van der Waals surface area contributed by atoms with E-state index < -0.39 is 0 Å². The van der Waals surface area contributed by atoms with Gasteiger partial charge in [0, 0.05) is 31.9 Å². The highest BCUT2D eigenvalue weighted by molar-refractivity contribution is 7.20. The van der Waals surface area contributed by atoms with Crippen LogP contribution in [-0.2, 0) is 13.0 Å². The van der Waals surface area contributed by atoms with E-state index in [1.165, 1.54) is 12.2 Å². The first-order valence-corrected chi connectivity index (χ1v) is 7.66. The Kier molecular flexibility index (Phi) is 2.73. The van der Waals surface area contributed by atoms with Gasteiger partial charge in [-0.25, -0.2) is 14.5 Å². The van der Waals surface area contributed by atoms with E-state index in [9.17, 15) is 0 Å². The molecule has 6 nitrogen and oxygen atoms in total. The van der Waals surface area contributed by atoms with E-state index in [0.717, 1.165) is 35.3 Å². The van der Waals surface area contributed by atoms with Crippen LogP contribution in [0.15, 0.2) is 18.6 Å². The van der Waals surface area contributed by atoms with Gasteiger partial charge in [0.1, 0.15) is 5.82 Å². The van der Waals surface area contributed by atoms with Gasteiger partial charge < -0.3 is 9.88 Å². The number of fused-ring (bicyclic) bond motifs is 2. The molecule has 1 N–H and O–H groups in total. The van der Waals surface area contributed by atoms with Gasteiger partial charge in [0.2, 0.25) is 10.1 Å². The van der Waals surface area contributed by atoms with E-state index in [0.29, 0.717) is 5.92 Å². The van der Waals surface area contributed by atoms with Crippen LogP contribution in [0.25, 0.3) is 4.96 Å². The second kappa shape index (κ2) is 4.59. The third-order valence-electron chi connectivity index (χ3n) is 3.74. The van der Waals surface area contributed by atoms with Crippen molar-refractivity contribution in [3.63, 3.8) is 0 Å². The molecule has 0 aliphatic carbocycles. The van der Waals surface area contributed by atoms with Crippen molar-refractivity contribution in [3.05, 3.63) is 30.1 Å². The highest BCUT2D eigenvalue weighted by Crippen LogP contribution is 2.22. The Morgan fingerprint density at radius 3 is 3.35 bits per heavy atom. The van der Waals surface area contributed by atoms with Crippen LogP contribution in [0.5, 0.6) is 0 Å². The lowest BCUT2D eigenvalue weighted by Crippen LogP contribution is -2.25. The third kappa shape index (κ3) is 2.07. The first kappa shape index (κ1) is 11.9. The number of aryl methyl sites for hydroxylation is 2. The standard InChI is InChI=1S/C13H16N6S/c1-9-7-19-13(16-9)20-12(17-19)15-6-10-2-3-11-14-4-5-18(11)8-10/h4-5,7,10H,2-3,6,8H2,1H3,(H,15,17)/t10-/m1/s1. The summed E-state index contributed by atoms with van der Waals surface area (Å²) in [7, 11) is 0. The van der Waals surface area contributed by atoms with Crippen molar-refractivity contribution in [2.45, 2.75) is 26.3 Å². The van der Waals surface area contributed by atoms with Crippen LogP contribution in [0.4, 0.5) is 5.13 Å². The molecule has 4 heterocycles. The quantitative estimate of drug-likeness (QED) is 0.800. The van der Waals surface area contributed by atoms with Gasteiger partial charge in [-0.05, 0) is 19.3 Å². The Morgan fingerprint density at radius 2 is 2.45 bits per heavy atom. The number of nitrogens with zero attached hydrogens (tertiary/aromatic N) is 5. The predicted octanol–water partition coefficient (Wildman–Crippen LogP) is 1.97. The summed E-state index contributed by atoms with van der Waals surface area (Å²) < 4.78 is 4.10. The molecule has 1 aliphatic rings. The molecule has 0 aromatic carbocycles. The molecule has 3 aromatic heterocycles. The van der Waals surface area contributed by atoms with Crippen molar-refractivity contribution in [1.29, 1.82) is 0 Å². The van der Waals surface area contributed by atoms with Crippen LogP contribution in [-0.4, -0.2) is 30.7 Å². The fourth-order valence-electron chi connectivity index (χ4n) is 2.72. The van der Waals surface area contributed by atoms with Gasteiger partial charge in [-0.15, -0.1) is 5.10 Å². The molecule has 0 fully saturated rings. The Bertz CT molecular complexity index is 708. The number of hydrogen-bond acceptors (Lipinski definition) is 5. The molecule has 0 radical (unpaired) electrons.